The van der Waals surface area contributed by atoms with Gasteiger partial charge in [0.05, 0.1) is 17.7 Å². The van der Waals surface area contributed by atoms with Gasteiger partial charge < -0.3 is 10.0 Å². The van der Waals surface area contributed by atoms with Crippen molar-refractivity contribution in [1.29, 1.82) is 5.26 Å². The summed E-state index contributed by atoms with van der Waals surface area (Å²) in [6, 6.07) is 13.2. The number of pyridine rings is 1. The molecule has 108 valence electrons. The van der Waals surface area contributed by atoms with Gasteiger partial charge in [-0.25, -0.2) is 0 Å². The molecule has 1 N–H and O–H groups in total. The first-order chi connectivity index (χ1) is 10.2. The molecule has 1 aromatic heterocycles. The standard InChI is InChI=1S/C17H19N3O/c1-20(11-8-14-6-9-19-10-7-14)13-17(21)16-4-2-15(12-18)3-5-16/h2-7,9-10,17,21H,8,11,13H2,1H3. The Morgan fingerprint density at radius 1 is 1.19 bits per heavy atom. The van der Waals surface area contributed by atoms with Crippen LogP contribution in [-0.4, -0.2) is 35.1 Å². The Bertz CT molecular complexity index is 590. The number of aliphatic hydroxyl groups excluding tert-OH is 1. The molecule has 4 nitrogen and oxygen atoms in total. The van der Waals surface area contributed by atoms with Crippen molar-refractivity contribution >= 4 is 0 Å². The van der Waals surface area contributed by atoms with Crippen molar-refractivity contribution in [1.82, 2.24) is 9.88 Å². The van der Waals surface area contributed by atoms with E-state index >= 15 is 0 Å². The lowest BCUT2D eigenvalue weighted by Gasteiger charge is -2.20. The summed E-state index contributed by atoms with van der Waals surface area (Å²) in [4.78, 5) is 6.10. The molecule has 1 aromatic carbocycles. The van der Waals surface area contributed by atoms with Crippen LogP contribution >= 0.6 is 0 Å². The Hall–Kier alpha value is -2.22. The molecular weight excluding hydrogens is 262 g/mol. The van der Waals surface area contributed by atoms with E-state index in [0.717, 1.165) is 18.5 Å². The van der Waals surface area contributed by atoms with Crippen LogP contribution in [0.5, 0.6) is 0 Å². The SMILES string of the molecule is CN(CCc1ccncc1)CC(O)c1ccc(C#N)cc1. The number of aliphatic hydroxyl groups is 1. The highest BCUT2D eigenvalue weighted by atomic mass is 16.3. The van der Waals surface area contributed by atoms with Crippen LogP contribution < -0.4 is 0 Å². The molecule has 0 spiro atoms. The van der Waals surface area contributed by atoms with Crippen molar-refractivity contribution in [2.24, 2.45) is 0 Å². The van der Waals surface area contributed by atoms with Crippen molar-refractivity contribution < 1.29 is 5.11 Å². The first-order valence-electron chi connectivity index (χ1n) is 6.94. The predicted octanol–water partition coefficient (Wildman–Crippen LogP) is 2.16. The van der Waals surface area contributed by atoms with Crippen LogP contribution in [0.4, 0.5) is 0 Å². The maximum absolute atomic E-state index is 10.2. The molecule has 0 saturated carbocycles. The number of benzene rings is 1. The van der Waals surface area contributed by atoms with E-state index in [-0.39, 0.29) is 0 Å². The van der Waals surface area contributed by atoms with Crippen molar-refractivity contribution in [3.8, 4) is 6.07 Å². The average molecular weight is 281 g/mol. The van der Waals surface area contributed by atoms with E-state index in [2.05, 4.69) is 16.0 Å². The van der Waals surface area contributed by atoms with Crippen molar-refractivity contribution in [3.63, 3.8) is 0 Å². The monoisotopic (exact) mass is 281 g/mol. The highest BCUT2D eigenvalue weighted by molar-refractivity contribution is 5.32. The number of hydrogen-bond donors (Lipinski definition) is 1. The second-order valence-electron chi connectivity index (χ2n) is 5.12. The topological polar surface area (TPSA) is 60.1 Å². The third-order valence-corrected chi connectivity index (χ3v) is 3.44. The molecule has 0 amide bonds. The first-order valence-corrected chi connectivity index (χ1v) is 6.94. The summed E-state index contributed by atoms with van der Waals surface area (Å²) in [6.45, 7) is 1.44. The van der Waals surface area contributed by atoms with Gasteiger partial charge in [0.2, 0.25) is 0 Å². The predicted molar refractivity (Wildman–Crippen MR) is 81.6 cm³/mol. The quantitative estimate of drug-likeness (QED) is 0.881. The van der Waals surface area contributed by atoms with E-state index in [1.165, 1.54) is 5.56 Å². The molecule has 1 heterocycles. The van der Waals surface area contributed by atoms with E-state index in [0.29, 0.717) is 12.1 Å². The number of aromatic nitrogens is 1. The number of rotatable bonds is 6. The van der Waals surface area contributed by atoms with Crippen LogP contribution in [0.2, 0.25) is 0 Å². The summed E-state index contributed by atoms with van der Waals surface area (Å²) in [5.74, 6) is 0. The minimum atomic E-state index is -0.541. The first kappa shape index (κ1) is 15.2. The third kappa shape index (κ3) is 4.67. The smallest absolute Gasteiger partial charge is 0.0991 e. The summed E-state index contributed by atoms with van der Waals surface area (Å²) in [5.41, 5.74) is 2.69. The summed E-state index contributed by atoms with van der Waals surface area (Å²) in [6.07, 6.45) is 3.97. The van der Waals surface area contributed by atoms with E-state index in [1.807, 2.05) is 19.2 Å². The normalized spacial score (nSPS) is 12.1. The fourth-order valence-corrected chi connectivity index (χ4v) is 2.14. The molecule has 1 atom stereocenters. The highest BCUT2D eigenvalue weighted by Crippen LogP contribution is 2.14. The summed E-state index contributed by atoms with van der Waals surface area (Å²) >= 11 is 0. The number of nitriles is 1. The molecule has 2 aromatic rings. The van der Waals surface area contributed by atoms with Crippen molar-refractivity contribution in [2.75, 3.05) is 20.1 Å². The van der Waals surface area contributed by atoms with Gasteiger partial charge in [-0.1, -0.05) is 12.1 Å². The van der Waals surface area contributed by atoms with Gasteiger partial charge in [-0.2, -0.15) is 5.26 Å². The number of nitrogens with zero attached hydrogens (tertiary/aromatic N) is 3. The zero-order chi connectivity index (χ0) is 15.1. The molecule has 1 unspecified atom stereocenters. The Morgan fingerprint density at radius 3 is 2.48 bits per heavy atom. The second-order valence-corrected chi connectivity index (χ2v) is 5.12. The lowest BCUT2D eigenvalue weighted by atomic mass is 10.1. The lowest BCUT2D eigenvalue weighted by molar-refractivity contribution is 0.127. The van der Waals surface area contributed by atoms with E-state index < -0.39 is 6.10 Å². The molecule has 0 radical (unpaired) electrons. The van der Waals surface area contributed by atoms with Gasteiger partial charge in [0.15, 0.2) is 0 Å². The molecule has 21 heavy (non-hydrogen) atoms. The molecule has 4 heteroatoms. The third-order valence-electron chi connectivity index (χ3n) is 3.44. The molecule has 0 aliphatic rings. The van der Waals surface area contributed by atoms with Crippen LogP contribution in [0, 0.1) is 11.3 Å². The molecule has 2 rings (SSSR count). The Kier molecular flexibility index (Phi) is 5.44. The van der Waals surface area contributed by atoms with Gasteiger partial charge in [0, 0.05) is 25.5 Å². The van der Waals surface area contributed by atoms with Gasteiger partial charge in [0.1, 0.15) is 0 Å². The maximum Gasteiger partial charge on any atom is 0.0991 e. The molecule has 0 saturated heterocycles. The van der Waals surface area contributed by atoms with E-state index in [9.17, 15) is 5.11 Å². The Morgan fingerprint density at radius 2 is 1.86 bits per heavy atom. The number of likely N-dealkylation sites (N-methyl/N-ethyl adjacent to an activating group) is 1. The summed E-state index contributed by atoms with van der Waals surface area (Å²) in [7, 11) is 1.99. The van der Waals surface area contributed by atoms with E-state index in [1.54, 1.807) is 36.7 Å². The van der Waals surface area contributed by atoms with Gasteiger partial charge >= 0.3 is 0 Å². The minimum absolute atomic E-state index is 0.541. The molecular formula is C17H19N3O. The molecule has 0 fully saturated rings. The Labute approximate surface area is 125 Å². The van der Waals surface area contributed by atoms with Crippen LogP contribution in [0.15, 0.2) is 48.8 Å². The second kappa shape index (κ2) is 7.53. The fourth-order valence-electron chi connectivity index (χ4n) is 2.14. The van der Waals surface area contributed by atoms with Gasteiger partial charge in [-0.15, -0.1) is 0 Å². The van der Waals surface area contributed by atoms with Crippen LogP contribution in [0.3, 0.4) is 0 Å². The van der Waals surface area contributed by atoms with Crippen LogP contribution in [0.1, 0.15) is 22.8 Å². The zero-order valence-corrected chi connectivity index (χ0v) is 12.1. The average Bonchev–Trinajstić information content (AvgIpc) is 2.54. The van der Waals surface area contributed by atoms with Crippen LogP contribution in [-0.2, 0) is 6.42 Å². The van der Waals surface area contributed by atoms with Crippen molar-refractivity contribution in [3.05, 3.63) is 65.5 Å². The highest BCUT2D eigenvalue weighted by Gasteiger charge is 2.10. The fraction of sp³-hybridized carbons (Fsp3) is 0.294. The summed E-state index contributed by atoms with van der Waals surface area (Å²) in [5, 5.41) is 19.0. The number of hydrogen-bond acceptors (Lipinski definition) is 4. The molecule has 0 aliphatic heterocycles. The zero-order valence-electron chi connectivity index (χ0n) is 12.1. The summed E-state index contributed by atoms with van der Waals surface area (Å²) < 4.78 is 0. The lowest BCUT2D eigenvalue weighted by Crippen LogP contribution is -2.26. The minimum Gasteiger partial charge on any atom is -0.387 e. The van der Waals surface area contributed by atoms with Gasteiger partial charge in [-0.05, 0) is 48.9 Å². The van der Waals surface area contributed by atoms with Crippen LogP contribution in [0.25, 0.3) is 0 Å². The maximum atomic E-state index is 10.2. The van der Waals surface area contributed by atoms with Gasteiger partial charge in [0.25, 0.3) is 0 Å². The van der Waals surface area contributed by atoms with E-state index in [4.69, 9.17) is 5.26 Å². The molecule has 0 bridgehead atoms. The largest absolute Gasteiger partial charge is 0.387 e. The van der Waals surface area contributed by atoms with Gasteiger partial charge in [-0.3, -0.25) is 4.98 Å². The molecule has 0 aliphatic carbocycles. The van der Waals surface area contributed by atoms with Crippen molar-refractivity contribution in [2.45, 2.75) is 12.5 Å². The Balaban J connectivity index is 1.84.